The van der Waals surface area contributed by atoms with E-state index in [0.29, 0.717) is 19.1 Å². The molecule has 0 saturated carbocycles. The quantitative estimate of drug-likeness (QED) is 0.758. The number of fused-ring (bicyclic) bond motifs is 1. The summed E-state index contributed by atoms with van der Waals surface area (Å²) in [6.07, 6.45) is 2.06. The Bertz CT molecular complexity index is 792. The van der Waals surface area contributed by atoms with E-state index in [1.54, 1.807) is 14.2 Å². The molecule has 5 nitrogen and oxygen atoms in total. The molecular formula is C22H27NO4. The molecule has 0 spiro atoms. The lowest BCUT2D eigenvalue weighted by molar-refractivity contribution is 0.145. The van der Waals surface area contributed by atoms with E-state index in [1.165, 1.54) is 16.7 Å². The number of methoxy groups -OCH3 is 2. The molecule has 0 bridgehead atoms. The Labute approximate surface area is 160 Å². The van der Waals surface area contributed by atoms with Gasteiger partial charge < -0.3 is 24.3 Å². The van der Waals surface area contributed by atoms with E-state index in [1.807, 2.05) is 12.1 Å². The normalized spacial score (nSPS) is 21.0. The average Bonchev–Trinajstić information content (AvgIpc) is 3.37. The second-order valence-electron chi connectivity index (χ2n) is 7.10. The first-order valence-electron chi connectivity index (χ1n) is 9.57. The first-order valence-corrected chi connectivity index (χ1v) is 9.57. The molecule has 2 heterocycles. The van der Waals surface area contributed by atoms with Gasteiger partial charge in [0.1, 0.15) is 23.9 Å². The number of hydrogen-bond acceptors (Lipinski definition) is 5. The predicted octanol–water partition coefficient (Wildman–Crippen LogP) is 3.47. The molecule has 1 N–H and O–H groups in total. The zero-order chi connectivity index (χ0) is 18.6. The van der Waals surface area contributed by atoms with E-state index in [2.05, 4.69) is 29.6 Å². The van der Waals surface area contributed by atoms with Crippen LogP contribution < -0.4 is 19.5 Å². The third-order valence-electron chi connectivity index (χ3n) is 5.46. The molecule has 0 radical (unpaired) electrons. The summed E-state index contributed by atoms with van der Waals surface area (Å²) in [6, 6.07) is 13.0. The topological polar surface area (TPSA) is 49.0 Å². The van der Waals surface area contributed by atoms with Gasteiger partial charge >= 0.3 is 0 Å². The number of hydrogen-bond donors (Lipinski definition) is 1. The second kappa shape index (κ2) is 8.19. The van der Waals surface area contributed by atoms with Gasteiger partial charge in [-0.15, -0.1) is 0 Å². The molecule has 2 atom stereocenters. The molecule has 5 heteroatoms. The fourth-order valence-corrected chi connectivity index (χ4v) is 3.95. The van der Waals surface area contributed by atoms with Crippen LogP contribution in [-0.2, 0) is 11.2 Å². The van der Waals surface area contributed by atoms with Crippen molar-refractivity contribution in [1.29, 1.82) is 0 Å². The highest BCUT2D eigenvalue weighted by Crippen LogP contribution is 2.40. The molecule has 2 aliphatic rings. The summed E-state index contributed by atoms with van der Waals surface area (Å²) in [5.41, 5.74) is 3.85. The maximum atomic E-state index is 5.97. The SMILES string of the molecule is COCCOc1cc(OC)ccc1C1CC(c2ccc3c(c2)OCC3)CN1. The highest BCUT2D eigenvalue weighted by Gasteiger charge is 2.29. The largest absolute Gasteiger partial charge is 0.497 e. The molecule has 144 valence electrons. The number of nitrogens with one attached hydrogen (secondary N) is 1. The minimum Gasteiger partial charge on any atom is -0.497 e. The summed E-state index contributed by atoms with van der Waals surface area (Å²) in [5.74, 6) is 3.20. The second-order valence-corrected chi connectivity index (χ2v) is 7.10. The first kappa shape index (κ1) is 18.1. The molecule has 2 unspecified atom stereocenters. The van der Waals surface area contributed by atoms with Crippen LogP contribution in [0.25, 0.3) is 0 Å². The number of benzene rings is 2. The molecule has 1 fully saturated rings. The van der Waals surface area contributed by atoms with Gasteiger partial charge in [0.15, 0.2) is 0 Å². The van der Waals surface area contributed by atoms with Gasteiger partial charge in [0.2, 0.25) is 0 Å². The molecule has 2 aromatic carbocycles. The van der Waals surface area contributed by atoms with Gasteiger partial charge in [-0.2, -0.15) is 0 Å². The molecule has 4 rings (SSSR count). The number of rotatable bonds is 7. The summed E-state index contributed by atoms with van der Waals surface area (Å²) in [4.78, 5) is 0. The van der Waals surface area contributed by atoms with Crippen LogP contribution in [0.15, 0.2) is 36.4 Å². The minimum absolute atomic E-state index is 0.257. The Morgan fingerprint density at radius 2 is 2.04 bits per heavy atom. The highest BCUT2D eigenvalue weighted by atomic mass is 16.5. The van der Waals surface area contributed by atoms with Crippen LogP contribution in [0, 0.1) is 0 Å². The monoisotopic (exact) mass is 369 g/mol. The lowest BCUT2D eigenvalue weighted by Crippen LogP contribution is -2.15. The van der Waals surface area contributed by atoms with Crippen molar-refractivity contribution in [3.63, 3.8) is 0 Å². The lowest BCUT2D eigenvalue weighted by atomic mass is 9.92. The van der Waals surface area contributed by atoms with E-state index in [4.69, 9.17) is 18.9 Å². The molecule has 1 saturated heterocycles. The van der Waals surface area contributed by atoms with Crippen LogP contribution in [0.2, 0.25) is 0 Å². The lowest BCUT2D eigenvalue weighted by Gasteiger charge is -2.18. The van der Waals surface area contributed by atoms with Gasteiger partial charge in [-0.3, -0.25) is 0 Å². The van der Waals surface area contributed by atoms with Gasteiger partial charge in [0, 0.05) is 37.7 Å². The van der Waals surface area contributed by atoms with E-state index in [9.17, 15) is 0 Å². The van der Waals surface area contributed by atoms with Crippen molar-refractivity contribution >= 4 is 0 Å². The van der Waals surface area contributed by atoms with Crippen LogP contribution >= 0.6 is 0 Å². The zero-order valence-corrected chi connectivity index (χ0v) is 16.0. The zero-order valence-electron chi connectivity index (χ0n) is 16.0. The fourth-order valence-electron chi connectivity index (χ4n) is 3.95. The Hall–Kier alpha value is -2.24. The van der Waals surface area contributed by atoms with Gasteiger partial charge in [0.05, 0.1) is 20.3 Å². The van der Waals surface area contributed by atoms with Crippen LogP contribution in [-0.4, -0.2) is 40.6 Å². The van der Waals surface area contributed by atoms with Crippen molar-refractivity contribution in [3.8, 4) is 17.2 Å². The van der Waals surface area contributed by atoms with Crippen molar-refractivity contribution in [3.05, 3.63) is 53.1 Å². The molecule has 2 aliphatic heterocycles. The minimum atomic E-state index is 0.257. The van der Waals surface area contributed by atoms with E-state index in [-0.39, 0.29) is 6.04 Å². The predicted molar refractivity (Wildman–Crippen MR) is 104 cm³/mol. The Morgan fingerprint density at radius 3 is 2.89 bits per heavy atom. The average molecular weight is 369 g/mol. The van der Waals surface area contributed by atoms with Crippen molar-refractivity contribution in [2.75, 3.05) is 40.6 Å². The van der Waals surface area contributed by atoms with Crippen molar-refractivity contribution in [2.45, 2.75) is 24.8 Å². The van der Waals surface area contributed by atoms with Gasteiger partial charge in [-0.1, -0.05) is 18.2 Å². The van der Waals surface area contributed by atoms with Crippen LogP contribution in [0.5, 0.6) is 17.2 Å². The Morgan fingerprint density at radius 1 is 1.11 bits per heavy atom. The summed E-state index contributed by atoms with van der Waals surface area (Å²) < 4.78 is 22.2. The Balaban J connectivity index is 1.51. The number of ether oxygens (including phenoxy) is 4. The summed E-state index contributed by atoms with van der Waals surface area (Å²) >= 11 is 0. The van der Waals surface area contributed by atoms with E-state index in [0.717, 1.165) is 43.2 Å². The summed E-state index contributed by atoms with van der Waals surface area (Å²) in [7, 11) is 3.35. The summed E-state index contributed by atoms with van der Waals surface area (Å²) in [5, 5.41) is 3.66. The maximum Gasteiger partial charge on any atom is 0.127 e. The molecule has 2 aromatic rings. The van der Waals surface area contributed by atoms with Crippen LogP contribution in [0.1, 0.15) is 35.1 Å². The highest BCUT2D eigenvalue weighted by molar-refractivity contribution is 5.45. The molecule has 27 heavy (non-hydrogen) atoms. The van der Waals surface area contributed by atoms with Crippen LogP contribution in [0.4, 0.5) is 0 Å². The van der Waals surface area contributed by atoms with Crippen molar-refractivity contribution in [1.82, 2.24) is 5.32 Å². The molecule has 0 aromatic heterocycles. The third-order valence-corrected chi connectivity index (χ3v) is 5.46. The fraction of sp³-hybridized carbons (Fsp3) is 0.455. The van der Waals surface area contributed by atoms with Gasteiger partial charge in [-0.05, 0) is 35.6 Å². The van der Waals surface area contributed by atoms with E-state index >= 15 is 0 Å². The molecular weight excluding hydrogens is 342 g/mol. The standard InChI is InChI=1S/C22H27NO4/c1-24-9-10-27-22-13-18(25-2)5-6-19(22)20-11-17(14-23-20)16-4-3-15-7-8-26-21(15)12-16/h3-6,12-13,17,20,23H,7-11,14H2,1-2H3. The third kappa shape index (κ3) is 3.89. The van der Waals surface area contributed by atoms with Gasteiger partial charge in [0.25, 0.3) is 0 Å². The van der Waals surface area contributed by atoms with Crippen LogP contribution in [0.3, 0.4) is 0 Å². The van der Waals surface area contributed by atoms with E-state index < -0.39 is 0 Å². The Kier molecular flexibility index (Phi) is 5.50. The first-order chi connectivity index (χ1) is 13.3. The summed E-state index contributed by atoms with van der Waals surface area (Å²) in [6.45, 7) is 2.84. The smallest absolute Gasteiger partial charge is 0.127 e. The molecule has 0 amide bonds. The van der Waals surface area contributed by atoms with Gasteiger partial charge in [-0.25, -0.2) is 0 Å². The molecule has 0 aliphatic carbocycles. The van der Waals surface area contributed by atoms with Crippen molar-refractivity contribution in [2.24, 2.45) is 0 Å². The van der Waals surface area contributed by atoms with Crippen molar-refractivity contribution < 1.29 is 18.9 Å². The maximum absolute atomic E-state index is 5.97.